The van der Waals surface area contributed by atoms with E-state index in [2.05, 4.69) is 38.3 Å². The summed E-state index contributed by atoms with van der Waals surface area (Å²) in [6.45, 7) is 8.87. The number of hydrogen-bond donors (Lipinski definition) is 2. The van der Waals surface area contributed by atoms with Gasteiger partial charge >= 0.3 is 0 Å². The summed E-state index contributed by atoms with van der Waals surface area (Å²) in [5.41, 5.74) is 0.461. The number of carbonyl (C=O) groups excluding carboxylic acids is 1. The molecule has 1 aliphatic heterocycles. The topological polar surface area (TPSA) is 41.1 Å². The lowest BCUT2D eigenvalue weighted by Crippen LogP contribution is -2.44. The minimum atomic E-state index is 0.0159. The maximum absolute atomic E-state index is 11.9. The minimum Gasteiger partial charge on any atom is -0.351 e. The van der Waals surface area contributed by atoms with E-state index in [9.17, 15) is 4.79 Å². The molecule has 2 aliphatic rings. The van der Waals surface area contributed by atoms with Crippen molar-refractivity contribution in [1.29, 1.82) is 0 Å². The Balaban J connectivity index is 1.91. The van der Waals surface area contributed by atoms with Gasteiger partial charge < -0.3 is 5.32 Å². The van der Waals surface area contributed by atoms with Crippen LogP contribution in [0.15, 0.2) is 0 Å². The van der Waals surface area contributed by atoms with Gasteiger partial charge in [0.2, 0.25) is 5.91 Å². The summed E-state index contributed by atoms with van der Waals surface area (Å²) in [5.74, 6) is 1.97. The van der Waals surface area contributed by atoms with Crippen LogP contribution < -0.4 is 10.6 Å². The van der Waals surface area contributed by atoms with Gasteiger partial charge in [0.15, 0.2) is 0 Å². The number of nitrogens with one attached hydrogen (secondary N) is 2. The third-order valence-corrected chi connectivity index (χ3v) is 5.28. The lowest BCUT2D eigenvalue weighted by Gasteiger charge is -2.11. The van der Waals surface area contributed by atoms with Gasteiger partial charge in [0.25, 0.3) is 0 Å². The predicted octanol–water partition coefficient (Wildman–Crippen LogP) is 1.20. The Hall–Kier alpha value is -0.220. The van der Waals surface area contributed by atoms with Crippen LogP contribution in [0.3, 0.4) is 0 Å². The summed E-state index contributed by atoms with van der Waals surface area (Å²) in [7, 11) is 0. The third kappa shape index (κ3) is 1.68. The van der Waals surface area contributed by atoms with Crippen LogP contribution in [-0.2, 0) is 4.79 Å². The van der Waals surface area contributed by atoms with E-state index in [1.54, 1.807) is 11.8 Å². The molecule has 15 heavy (non-hydrogen) atoms. The first-order valence-electron chi connectivity index (χ1n) is 5.49. The monoisotopic (exact) mass is 228 g/mol. The zero-order valence-corrected chi connectivity index (χ0v) is 10.7. The molecule has 2 fully saturated rings. The summed E-state index contributed by atoms with van der Waals surface area (Å²) in [6.07, 6.45) is 0. The van der Waals surface area contributed by atoms with E-state index < -0.39 is 0 Å². The molecule has 3 nitrogen and oxygen atoms in total. The zero-order valence-electron chi connectivity index (χ0n) is 9.89. The van der Waals surface area contributed by atoms with Gasteiger partial charge in [-0.3, -0.25) is 10.1 Å². The molecule has 1 aliphatic carbocycles. The molecule has 0 aromatic heterocycles. The molecular weight excluding hydrogens is 208 g/mol. The molecule has 0 aromatic rings. The first-order valence-corrected chi connectivity index (χ1v) is 6.64. The van der Waals surface area contributed by atoms with Gasteiger partial charge in [0.05, 0.1) is 6.04 Å². The lowest BCUT2D eigenvalue weighted by atomic mass is 10.0. The largest absolute Gasteiger partial charge is 0.351 e. The average molecular weight is 228 g/mol. The second-order valence-electron chi connectivity index (χ2n) is 5.66. The van der Waals surface area contributed by atoms with Crippen LogP contribution >= 0.6 is 11.8 Å². The van der Waals surface area contributed by atoms with Crippen molar-refractivity contribution in [2.45, 2.75) is 39.8 Å². The Kier molecular flexibility index (Phi) is 2.54. The van der Waals surface area contributed by atoms with Gasteiger partial charge in [0, 0.05) is 17.7 Å². The average Bonchev–Trinajstić information content (AvgIpc) is 2.65. The van der Waals surface area contributed by atoms with E-state index in [-0.39, 0.29) is 22.8 Å². The number of amides is 1. The quantitative estimate of drug-likeness (QED) is 0.746. The van der Waals surface area contributed by atoms with Crippen molar-refractivity contribution < 1.29 is 4.79 Å². The number of thioether (sulfide) groups is 1. The molecule has 1 saturated heterocycles. The second-order valence-corrected chi connectivity index (χ2v) is 6.69. The Morgan fingerprint density at radius 3 is 2.33 bits per heavy atom. The zero-order chi connectivity index (χ0) is 11.3. The Labute approximate surface area is 95.8 Å². The fourth-order valence-electron chi connectivity index (χ4n) is 2.36. The molecule has 0 radical (unpaired) electrons. The van der Waals surface area contributed by atoms with Crippen LogP contribution in [0.2, 0.25) is 0 Å². The van der Waals surface area contributed by atoms with Crippen LogP contribution in [0, 0.1) is 10.8 Å². The molecule has 4 heteroatoms. The summed E-state index contributed by atoms with van der Waals surface area (Å²) in [5, 5.41) is 6.36. The maximum Gasteiger partial charge on any atom is 0.238 e. The smallest absolute Gasteiger partial charge is 0.238 e. The first-order chi connectivity index (χ1) is 6.87. The minimum absolute atomic E-state index is 0.0159. The highest BCUT2D eigenvalue weighted by molar-refractivity contribution is 7.99. The molecule has 1 atom stereocenters. The highest BCUT2D eigenvalue weighted by atomic mass is 32.2. The third-order valence-electron chi connectivity index (χ3n) is 4.34. The highest BCUT2D eigenvalue weighted by Crippen LogP contribution is 2.62. The van der Waals surface area contributed by atoms with E-state index in [4.69, 9.17) is 0 Å². The summed E-state index contributed by atoms with van der Waals surface area (Å²) >= 11 is 1.79. The van der Waals surface area contributed by atoms with Crippen molar-refractivity contribution in [3.63, 3.8) is 0 Å². The van der Waals surface area contributed by atoms with Crippen LogP contribution in [0.25, 0.3) is 0 Å². The van der Waals surface area contributed by atoms with Gasteiger partial charge in [-0.15, -0.1) is 11.8 Å². The first kappa shape index (κ1) is 11.3. The second kappa shape index (κ2) is 3.39. The molecule has 0 spiro atoms. The Bertz CT molecular complexity index is 268. The molecule has 1 saturated carbocycles. The predicted molar refractivity (Wildman–Crippen MR) is 63.7 cm³/mol. The van der Waals surface area contributed by atoms with E-state index in [1.165, 1.54) is 0 Å². The van der Waals surface area contributed by atoms with Crippen LogP contribution in [0.1, 0.15) is 27.7 Å². The van der Waals surface area contributed by atoms with Crippen molar-refractivity contribution in [3.8, 4) is 0 Å². The summed E-state index contributed by atoms with van der Waals surface area (Å²) < 4.78 is 0. The molecule has 1 heterocycles. The van der Waals surface area contributed by atoms with Gasteiger partial charge in [-0.25, -0.2) is 0 Å². The van der Waals surface area contributed by atoms with Gasteiger partial charge in [0.1, 0.15) is 0 Å². The Morgan fingerprint density at radius 1 is 1.33 bits per heavy atom. The fraction of sp³-hybridized carbons (Fsp3) is 0.909. The molecule has 1 unspecified atom stereocenters. The van der Waals surface area contributed by atoms with Crippen molar-refractivity contribution in [3.05, 3.63) is 0 Å². The molecule has 0 bridgehead atoms. The van der Waals surface area contributed by atoms with Crippen molar-refractivity contribution in [2.24, 2.45) is 10.8 Å². The van der Waals surface area contributed by atoms with Gasteiger partial charge in [-0.1, -0.05) is 27.7 Å². The standard InChI is InChI=1S/C11H20N2OS/c1-10(2)9(11(10,3)4)13-8(14)7-5-15-6-12-7/h7,9,12H,5-6H2,1-4H3,(H,13,14). The van der Waals surface area contributed by atoms with E-state index in [0.29, 0.717) is 6.04 Å². The highest BCUT2D eigenvalue weighted by Gasteiger charge is 2.65. The van der Waals surface area contributed by atoms with Gasteiger partial charge in [-0.2, -0.15) is 0 Å². The number of rotatable bonds is 2. The molecule has 0 aromatic carbocycles. The number of carbonyl (C=O) groups is 1. The molecule has 2 N–H and O–H groups in total. The lowest BCUT2D eigenvalue weighted by molar-refractivity contribution is -0.122. The van der Waals surface area contributed by atoms with E-state index >= 15 is 0 Å². The van der Waals surface area contributed by atoms with Gasteiger partial charge in [-0.05, 0) is 10.8 Å². The van der Waals surface area contributed by atoms with E-state index in [1.807, 2.05) is 0 Å². The van der Waals surface area contributed by atoms with E-state index in [0.717, 1.165) is 11.6 Å². The summed E-state index contributed by atoms with van der Waals surface area (Å²) in [6, 6.07) is 0.340. The van der Waals surface area contributed by atoms with Crippen LogP contribution in [0.4, 0.5) is 0 Å². The molecule has 1 amide bonds. The number of hydrogen-bond acceptors (Lipinski definition) is 3. The molecule has 86 valence electrons. The van der Waals surface area contributed by atoms with Crippen LogP contribution in [-0.4, -0.2) is 29.6 Å². The summed E-state index contributed by atoms with van der Waals surface area (Å²) in [4.78, 5) is 11.9. The maximum atomic E-state index is 11.9. The molecular formula is C11H20N2OS. The van der Waals surface area contributed by atoms with Crippen LogP contribution in [0.5, 0.6) is 0 Å². The normalized spacial score (nSPS) is 32.7. The van der Waals surface area contributed by atoms with Crippen molar-refractivity contribution in [2.75, 3.05) is 11.6 Å². The van der Waals surface area contributed by atoms with Crippen molar-refractivity contribution >= 4 is 17.7 Å². The molecule has 2 rings (SSSR count). The Morgan fingerprint density at radius 2 is 1.93 bits per heavy atom. The fourth-order valence-corrected chi connectivity index (χ4v) is 3.31. The SMILES string of the molecule is CC1(C)C(NC(=O)C2CSCN2)C1(C)C. The van der Waals surface area contributed by atoms with Crippen molar-refractivity contribution in [1.82, 2.24) is 10.6 Å².